The quantitative estimate of drug-likeness (QED) is 0.316. The zero-order valence-electron chi connectivity index (χ0n) is 24.4. The highest BCUT2D eigenvalue weighted by atomic mass is 16.6. The van der Waals surface area contributed by atoms with E-state index < -0.39 is 5.92 Å². The summed E-state index contributed by atoms with van der Waals surface area (Å²) in [7, 11) is 1.63. The Balaban J connectivity index is 1.71. The van der Waals surface area contributed by atoms with Crippen LogP contribution < -0.4 is 14.2 Å². The molecule has 2 heterocycles. The molecule has 0 aromatic heterocycles. The van der Waals surface area contributed by atoms with Gasteiger partial charge in [-0.3, -0.25) is 14.5 Å². The van der Waals surface area contributed by atoms with Crippen molar-refractivity contribution in [3.8, 4) is 17.2 Å². The molecule has 0 spiro atoms. The molecule has 218 valence electrons. The number of hydrogen-bond donors (Lipinski definition) is 0. The van der Waals surface area contributed by atoms with Crippen LogP contribution in [0, 0.1) is 5.92 Å². The van der Waals surface area contributed by atoms with Gasteiger partial charge in [-0.1, -0.05) is 44.9 Å². The number of esters is 1. The van der Waals surface area contributed by atoms with Crippen LogP contribution in [-0.2, 0) is 14.3 Å². The SMILES string of the molecule is CCCCN(CCCC)C(=O)CN1C[C@H](c2ccc3c(c2)OCCO3)[C@@H](C(=O)OCC)[C@@H]1c1ccc(OC)cc1. The van der Waals surface area contributed by atoms with E-state index in [1.54, 1.807) is 7.11 Å². The van der Waals surface area contributed by atoms with Gasteiger partial charge in [-0.2, -0.15) is 0 Å². The Morgan fingerprint density at radius 1 is 0.925 bits per heavy atom. The van der Waals surface area contributed by atoms with Crippen LogP contribution in [0.4, 0.5) is 0 Å². The molecule has 2 aliphatic heterocycles. The average Bonchev–Trinajstić information content (AvgIpc) is 3.36. The van der Waals surface area contributed by atoms with E-state index in [1.807, 2.05) is 54.3 Å². The molecule has 1 fully saturated rings. The highest BCUT2D eigenvalue weighted by Gasteiger charge is 2.49. The van der Waals surface area contributed by atoms with Gasteiger partial charge in [0.1, 0.15) is 19.0 Å². The average molecular weight is 553 g/mol. The first-order chi connectivity index (χ1) is 19.5. The normalized spacial score (nSPS) is 20.2. The van der Waals surface area contributed by atoms with Gasteiger partial charge in [0.15, 0.2) is 11.5 Å². The number of ether oxygens (including phenoxy) is 4. The number of rotatable bonds is 13. The summed E-state index contributed by atoms with van der Waals surface area (Å²) >= 11 is 0. The Labute approximate surface area is 238 Å². The van der Waals surface area contributed by atoms with E-state index in [1.165, 1.54) is 0 Å². The zero-order valence-corrected chi connectivity index (χ0v) is 24.4. The molecule has 8 heteroatoms. The fraction of sp³-hybridized carbons (Fsp3) is 0.562. The number of benzene rings is 2. The second-order valence-corrected chi connectivity index (χ2v) is 10.5. The Hall–Kier alpha value is -3.26. The predicted molar refractivity (Wildman–Crippen MR) is 154 cm³/mol. The van der Waals surface area contributed by atoms with E-state index >= 15 is 0 Å². The molecule has 1 amide bonds. The second kappa shape index (κ2) is 14.4. The maximum absolute atomic E-state index is 13.7. The molecular weight excluding hydrogens is 508 g/mol. The number of nitrogens with zero attached hydrogens (tertiary/aromatic N) is 2. The zero-order chi connectivity index (χ0) is 28.5. The lowest BCUT2D eigenvalue weighted by atomic mass is 9.82. The molecule has 0 N–H and O–H groups in total. The van der Waals surface area contributed by atoms with Crippen molar-refractivity contribution in [2.24, 2.45) is 5.92 Å². The lowest BCUT2D eigenvalue weighted by Crippen LogP contribution is -2.42. The third-order valence-electron chi connectivity index (χ3n) is 7.86. The van der Waals surface area contributed by atoms with Crippen molar-refractivity contribution < 1.29 is 28.5 Å². The molecule has 0 bridgehead atoms. The van der Waals surface area contributed by atoms with Gasteiger partial charge in [-0.05, 0) is 55.2 Å². The minimum atomic E-state index is -0.497. The largest absolute Gasteiger partial charge is 0.497 e. The van der Waals surface area contributed by atoms with Crippen LogP contribution in [0.1, 0.15) is 69.5 Å². The van der Waals surface area contributed by atoms with Crippen LogP contribution in [-0.4, -0.2) is 74.8 Å². The number of likely N-dealkylation sites (tertiary alicyclic amines) is 1. The number of hydrogen-bond acceptors (Lipinski definition) is 7. The Kier molecular flexibility index (Phi) is 10.7. The summed E-state index contributed by atoms with van der Waals surface area (Å²) in [6.45, 7) is 9.70. The van der Waals surface area contributed by atoms with Crippen LogP contribution in [0.5, 0.6) is 17.2 Å². The maximum Gasteiger partial charge on any atom is 0.311 e. The van der Waals surface area contributed by atoms with Crippen molar-refractivity contribution in [3.63, 3.8) is 0 Å². The molecule has 0 radical (unpaired) electrons. The van der Waals surface area contributed by atoms with Crippen molar-refractivity contribution in [1.29, 1.82) is 0 Å². The van der Waals surface area contributed by atoms with Crippen molar-refractivity contribution >= 4 is 11.9 Å². The fourth-order valence-electron chi connectivity index (χ4n) is 5.78. The maximum atomic E-state index is 13.7. The highest BCUT2D eigenvalue weighted by molar-refractivity contribution is 5.80. The van der Waals surface area contributed by atoms with E-state index in [4.69, 9.17) is 18.9 Å². The Morgan fingerprint density at radius 2 is 1.57 bits per heavy atom. The summed E-state index contributed by atoms with van der Waals surface area (Å²) in [5, 5.41) is 0. The Morgan fingerprint density at radius 3 is 2.20 bits per heavy atom. The van der Waals surface area contributed by atoms with Crippen molar-refractivity contribution in [3.05, 3.63) is 53.6 Å². The lowest BCUT2D eigenvalue weighted by Gasteiger charge is -2.30. The summed E-state index contributed by atoms with van der Waals surface area (Å²) < 4.78 is 22.7. The van der Waals surface area contributed by atoms with Gasteiger partial charge in [-0.15, -0.1) is 0 Å². The van der Waals surface area contributed by atoms with Crippen LogP contribution in [0.15, 0.2) is 42.5 Å². The first kappa shape index (κ1) is 29.7. The number of unbranched alkanes of at least 4 members (excludes halogenated alkanes) is 2. The van der Waals surface area contributed by atoms with Crippen molar-refractivity contribution in [2.45, 2.75) is 58.4 Å². The van der Waals surface area contributed by atoms with E-state index in [-0.39, 0.29) is 30.4 Å². The monoisotopic (exact) mass is 552 g/mol. The third-order valence-corrected chi connectivity index (χ3v) is 7.86. The molecule has 3 atom stereocenters. The molecule has 2 aromatic rings. The summed E-state index contributed by atoms with van der Waals surface area (Å²) in [6.07, 6.45) is 4.02. The van der Waals surface area contributed by atoms with Gasteiger partial charge < -0.3 is 23.8 Å². The number of amides is 1. The molecular formula is C32H44N2O6. The second-order valence-electron chi connectivity index (χ2n) is 10.5. The van der Waals surface area contributed by atoms with Gasteiger partial charge in [0.05, 0.1) is 26.2 Å². The molecule has 4 rings (SSSR count). The van der Waals surface area contributed by atoms with Gasteiger partial charge in [0.2, 0.25) is 5.91 Å². The van der Waals surface area contributed by atoms with Gasteiger partial charge in [0, 0.05) is 31.6 Å². The van der Waals surface area contributed by atoms with E-state index in [2.05, 4.69) is 18.7 Å². The number of carbonyl (C=O) groups excluding carboxylic acids is 2. The minimum absolute atomic E-state index is 0.103. The van der Waals surface area contributed by atoms with Gasteiger partial charge in [0.25, 0.3) is 0 Å². The Bertz CT molecular complexity index is 1110. The predicted octanol–water partition coefficient (Wildman–Crippen LogP) is 5.22. The molecule has 0 aliphatic carbocycles. The van der Waals surface area contributed by atoms with Crippen molar-refractivity contribution in [1.82, 2.24) is 9.80 Å². The molecule has 40 heavy (non-hydrogen) atoms. The smallest absolute Gasteiger partial charge is 0.311 e. The standard InChI is InChI=1S/C32H44N2O6/c1-5-8-16-33(17-9-6-2)29(35)22-34-21-26(24-12-15-27-28(20-24)40-19-18-39-27)30(32(36)38-7-3)31(34)23-10-13-25(37-4)14-11-23/h10-15,20,26,30-31H,5-9,16-19,21-22H2,1-4H3/t26-,30-,31+/m1/s1. The van der Waals surface area contributed by atoms with E-state index in [0.29, 0.717) is 37.9 Å². The number of fused-ring (bicyclic) bond motifs is 1. The summed E-state index contributed by atoms with van der Waals surface area (Å²) in [4.78, 5) is 31.5. The summed E-state index contributed by atoms with van der Waals surface area (Å²) in [5.41, 5.74) is 1.94. The van der Waals surface area contributed by atoms with Crippen LogP contribution >= 0.6 is 0 Å². The van der Waals surface area contributed by atoms with Crippen LogP contribution in [0.3, 0.4) is 0 Å². The molecule has 0 saturated carbocycles. The molecule has 2 aliphatic rings. The van der Waals surface area contributed by atoms with Gasteiger partial charge in [-0.25, -0.2) is 0 Å². The highest BCUT2D eigenvalue weighted by Crippen LogP contribution is 2.48. The fourth-order valence-corrected chi connectivity index (χ4v) is 5.78. The van der Waals surface area contributed by atoms with E-state index in [0.717, 1.165) is 55.6 Å². The third kappa shape index (κ3) is 6.89. The first-order valence-corrected chi connectivity index (χ1v) is 14.7. The minimum Gasteiger partial charge on any atom is -0.497 e. The van der Waals surface area contributed by atoms with Crippen LogP contribution in [0.2, 0.25) is 0 Å². The summed E-state index contributed by atoms with van der Waals surface area (Å²) in [5.74, 6) is 1.30. The topological polar surface area (TPSA) is 77.5 Å². The molecule has 0 unspecified atom stereocenters. The van der Waals surface area contributed by atoms with E-state index in [9.17, 15) is 9.59 Å². The first-order valence-electron chi connectivity index (χ1n) is 14.7. The van der Waals surface area contributed by atoms with Crippen molar-refractivity contribution in [2.75, 3.05) is 53.1 Å². The molecule has 8 nitrogen and oxygen atoms in total. The lowest BCUT2D eigenvalue weighted by molar-refractivity contribution is -0.150. The summed E-state index contributed by atoms with van der Waals surface area (Å²) in [6, 6.07) is 13.4. The molecule has 1 saturated heterocycles. The number of carbonyl (C=O) groups is 2. The number of methoxy groups -OCH3 is 1. The van der Waals surface area contributed by atoms with Crippen LogP contribution in [0.25, 0.3) is 0 Å². The molecule has 2 aromatic carbocycles. The van der Waals surface area contributed by atoms with Gasteiger partial charge >= 0.3 is 5.97 Å².